The fourth-order valence-corrected chi connectivity index (χ4v) is 1.58. The molecule has 0 aliphatic carbocycles. The lowest BCUT2D eigenvalue weighted by molar-refractivity contribution is -0.116. The molecule has 0 bridgehead atoms. The second kappa shape index (κ2) is 5.01. The summed E-state index contributed by atoms with van der Waals surface area (Å²) in [6, 6.07) is 2.67. The molecule has 0 heterocycles. The van der Waals surface area contributed by atoms with Gasteiger partial charge in [0, 0.05) is 12.0 Å². The number of benzene rings is 1. The van der Waals surface area contributed by atoms with Gasteiger partial charge in [-0.3, -0.25) is 4.79 Å². The number of halogens is 2. The molecule has 0 aliphatic heterocycles. The van der Waals surface area contributed by atoms with Crippen LogP contribution in [0, 0.1) is 11.6 Å². The molecule has 1 rings (SSSR count). The zero-order valence-electron chi connectivity index (χ0n) is 8.94. The van der Waals surface area contributed by atoms with Crippen LogP contribution >= 0.6 is 0 Å². The fourth-order valence-electron chi connectivity index (χ4n) is 1.58. The van der Waals surface area contributed by atoms with Crippen LogP contribution in [0.3, 0.4) is 0 Å². The van der Waals surface area contributed by atoms with Gasteiger partial charge in [0.1, 0.15) is 5.78 Å². The number of hydrogen-bond donors (Lipinski definition) is 0. The van der Waals surface area contributed by atoms with Gasteiger partial charge in [0.15, 0.2) is 11.6 Å². The molecule has 0 amide bonds. The second-order valence-corrected chi connectivity index (χ2v) is 3.63. The topological polar surface area (TPSA) is 17.1 Å². The normalized spacial score (nSPS) is 10.4. The molecule has 0 spiro atoms. The lowest BCUT2D eigenvalue weighted by Gasteiger charge is -2.08. The van der Waals surface area contributed by atoms with Crippen LogP contribution in [0.5, 0.6) is 0 Å². The zero-order chi connectivity index (χ0) is 11.4. The summed E-state index contributed by atoms with van der Waals surface area (Å²) in [6.07, 6.45) is 1.48. The van der Waals surface area contributed by atoms with Crippen molar-refractivity contribution in [1.29, 1.82) is 0 Å². The first kappa shape index (κ1) is 11.8. The van der Waals surface area contributed by atoms with Crippen LogP contribution in [0.2, 0.25) is 0 Å². The second-order valence-electron chi connectivity index (χ2n) is 3.63. The van der Waals surface area contributed by atoms with E-state index in [9.17, 15) is 13.6 Å². The Morgan fingerprint density at radius 1 is 1.33 bits per heavy atom. The average molecular weight is 212 g/mol. The molecular formula is C12H14F2O. The Morgan fingerprint density at radius 3 is 2.53 bits per heavy atom. The molecule has 0 radical (unpaired) electrons. The van der Waals surface area contributed by atoms with Crippen LogP contribution in [0.15, 0.2) is 12.1 Å². The molecule has 0 saturated carbocycles. The van der Waals surface area contributed by atoms with Gasteiger partial charge in [-0.1, -0.05) is 19.4 Å². The van der Waals surface area contributed by atoms with E-state index >= 15 is 0 Å². The first-order chi connectivity index (χ1) is 7.06. The van der Waals surface area contributed by atoms with Crippen molar-refractivity contribution in [3.63, 3.8) is 0 Å². The maximum atomic E-state index is 13.4. The number of ketones is 1. The van der Waals surface area contributed by atoms with Crippen LogP contribution < -0.4 is 0 Å². The van der Waals surface area contributed by atoms with Crippen molar-refractivity contribution >= 4 is 5.78 Å². The summed E-state index contributed by atoms with van der Waals surface area (Å²) < 4.78 is 26.4. The minimum atomic E-state index is -0.883. The van der Waals surface area contributed by atoms with E-state index in [4.69, 9.17) is 0 Å². The highest BCUT2D eigenvalue weighted by Crippen LogP contribution is 2.19. The Labute approximate surface area is 88.1 Å². The Balaban J connectivity index is 3.15. The van der Waals surface area contributed by atoms with Gasteiger partial charge < -0.3 is 0 Å². The maximum Gasteiger partial charge on any atom is 0.162 e. The smallest absolute Gasteiger partial charge is 0.162 e. The van der Waals surface area contributed by atoms with E-state index in [1.54, 1.807) is 6.07 Å². The SMILES string of the molecule is CCCc1ccc(F)c(F)c1CC(C)=O. The Hall–Kier alpha value is -1.25. The number of aryl methyl sites for hydroxylation is 1. The first-order valence-electron chi connectivity index (χ1n) is 5.01. The van der Waals surface area contributed by atoms with Crippen LogP contribution in [0.1, 0.15) is 31.4 Å². The highest BCUT2D eigenvalue weighted by atomic mass is 19.2. The van der Waals surface area contributed by atoms with Crippen LogP contribution in [-0.2, 0) is 17.6 Å². The molecule has 1 nitrogen and oxygen atoms in total. The lowest BCUT2D eigenvalue weighted by Crippen LogP contribution is -2.06. The molecule has 15 heavy (non-hydrogen) atoms. The summed E-state index contributed by atoms with van der Waals surface area (Å²) in [4.78, 5) is 10.9. The van der Waals surface area contributed by atoms with E-state index in [1.807, 2.05) is 6.92 Å². The molecule has 0 aliphatic rings. The Morgan fingerprint density at radius 2 is 2.00 bits per heavy atom. The van der Waals surface area contributed by atoms with Crippen LogP contribution in [0.25, 0.3) is 0 Å². The van der Waals surface area contributed by atoms with Gasteiger partial charge in [0.05, 0.1) is 0 Å². The number of rotatable bonds is 4. The summed E-state index contributed by atoms with van der Waals surface area (Å²) in [6.45, 7) is 3.33. The van der Waals surface area contributed by atoms with Crippen molar-refractivity contribution in [2.45, 2.75) is 33.1 Å². The Bertz CT molecular complexity index is 372. The van der Waals surface area contributed by atoms with Crippen molar-refractivity contribution in [3.8, 4) is 0 Å². The highest BCUT2D eigenvalue weighted by molar-refractivity contribution is 5.78. The van der Waals surface area contributed by atoms with Gasteiger partial charge >= 0.3 is 0 Å². The number of carbonyl (C=O) groups is 1. The van der Waals surface area contributed by atoms with Crippen molar-refractivity contribution in [3.05, 3.63) is 34.9 Å². The van der Waals surface area contributed by atoms with Crippen LogP contribution in [0.4, 0.5) is 8.78 Å². The third-order valence-electron chi connectivity index (χ3n) is 2.24. The van der Waals surface area contributed by atoms with Gasteiger partial charge in [-0.2, -0.15) is 0 Å². The third-order valence-corrected chi connectivity index (χ3v) is 2.24. The van der Waals surface area contributed by atoms with Crippen molar-refractivity contribution < 1.29 is 13.6 Å². The average Bonchev–Trinajstić information content (AvgIpc) is 2.17. The summed E-state index contributed by atoms with van der Waals surface area (Å²) >= 11 is 0. The minimum absolute atomic E-state index is 0.0288. The summed E-state index contributed by atoms with van der Waals surface area (Å²) in [5.74, 6) is -1.92. The lowest BCUT2D eigenvalue weighted by atomic mass is 9.98. The van der Waals surface area contributed by atoms with E-state index < -0.39 is 11.6 Å². The van der Waals surface area contributed by atoms with E-state index in [1.165, 1.54) is 6.92 Å². The molecule has 3 heteroatoms. The van der Waals surface area contributed by atoms with Gasteiger partial charge in [0.25, 0.3) is 0 Å². The van der Waals surface area contributed by atoms with Crippen molar-refractivity contribution in [2.24, 2.45) is 0 Å². The molecule has 0 fully saturated rings. The molecule has 0 saturated heterocycles. The molecule has 0 atom stereocenters. The van der Waals surface area contributed by atoms with E-state index in [-0.39, 0.29) is 17.8 Å². The summed E-state index contributed by atoms with van der Waals surface area (Å²) in [5.41, 5.74) is 0.941. The van der Waals surface area contributed by atoms with E-state index in [0.717, 1.165) is 18.1 Å². The molecule has 0 N–H and O–H groups in total. The van der Waals surface area contributed by atoms with Crippen LogP contribution in [-0.4, -0.2) is 5.78 Å². The first-order valence-corrected chi connectivity index (χ1v) is 5.01. The van der Waals surface area contributed by atoms with E-state index in [0.29, 0.717) is 6.42 Å². The zero-order valence-corrected chi connectivity index (χ0v) is 8.94. The number of Topliss-reactive ketones (excluding diaryl/α,β-unsaturated/α-hetero) is 1. The predicted octanol–water partition coefficient (Wildman–Crippen LogP) is 3.05. The van der Waals surface area contributed by atoms with Crippen molar-refractivity contribution in [2.75, 3.05) is 0 Å². The van der Waals surface area contributed by atoms with Gasteiger partial charge in [0.2, 0.25) is 0 Å². The molecule has 1 aromatic rings. The molecular weight excluding hydrogens is 198 g/mol. The number of hydrogen-bond acceptors (Lipinski definition) is 1. The number of carbonyl (C=O) groups excluding carboxylic acids is 1. The predicted molar refractivity (Wildman–Crippen MR) is 54.7 cm³/mol. The third kappa shape index (κ3) is 2.85. The standard InChI is InChI=1S/C12H14F2O/c1-3-4-9-5-6-11(13)12(14)10(9)7-8(2)15/h5-6H,3-4,7H2,1-2H3. The highest BCUT2D eigenvalue weighted by Gasteiger charge is 2.14. The minimum Gasteiger partial charge on any atom is -0.300 e. The van der Waals surface area contributed by atoms with Gasteiger partial charge in [-0.25, -0.2) is 8.78 Å². The summed E-state index contributed by atoms with van der Waals surface area (Å²) in [7, 11) is 0. The Kier molecular flexibility index (Phi) is 3.95. The van der Waals surface area contributed by atoms with Crippen molar-refractivity contribution in [1.82, 2.24) is 0 Å². The quantitative estimate of drug-likeness (QED) is 0.749. The molecule has 0 aromatic heterocycles. The van der Waals surface area contributed by atoms with E-state index in [2.05, 4.69) is 0 Å². The molecule has 82 valence electrons. The van der Waals surface area contributed by atoms with Gasteiger partial charge in [-0.15, -0.1) is 0 Å². The molecule has 0 unspecified atom stereocenters. The largest absolute Gasteiger partial charge is 0.300 e. The maximum absolute atomic E-state index is 13.4. The van der Waals surface area contributed by atoms with Gasteiger partial charge in [-0.05, 0) is 25.0 Å². The summed E-state index contributed by atoms with van der Waals surface area (Å²) in [5, 5.41) is 0. The monoisotopic (exact) mass is 212 g/mol. The molecule has 1 aromatic carbocycles. The fraction of sp³-hybridized carbons (Fsp3) is 0.417.